The van der Waals surface area contributed by atoms with Crippen LogP contribution in [0.1, 0.15) is 48.7 Å². The van der Waals surface area contributed by atoms with Gasteiger partial charge in [0.2, 0.25) is 0 Å². The number of halogens is 1. The summed E-state index contributed by atoms with van der Waals surface area (Å²) in [5.74, 6) is 2.39. The quantitative estimate of drug-likeness (QED) is 0.669. The van der Waals surface area contributed by atoms with Crippen molar-refractivity contribution in [1.82, 2.24) is 9.97 Å². The fourth-order valence-corrected chi connectivity index (χ4v) is 3.31. The second-order valence-corrected chi connectivity index (χ2v) is 7.03. The van der Waals surface area contributed by atoms with Gasteiger partial charge in [0.05, 0.1) is 11.6 Å². The van der Waals surface area contributed by atoms with E-state index < -0.39 is 0 Å². The molecule has 3 aromatic rings. The summed E-state index contributed by atoms with van der Waals surface area (Å²) in [7, 11) is 0. The number of nitrogens with one attached hydrogen (secondary N) is 1. The van der Waals surface area contributed by atoms with Crippen LogP contribution in [0.3, 0.4) is 0 Å². The summed E-state index contributed by atoms with van der Waals surface area (Å²) in [6.45, 7) is 4.06. The van der Waals surface area contributed by atoms with Gasteiger partial charge in [-0.05, 0) is 68.0 Å². The molecule has 1 aliphatic rings. The van der Waals surface area contributed by atoms with Crippen LogP contribution in [-0.2, 0) is 0 Å². The molecule has 0 radical (unpaired) electrons. The smallest absolute Gasteiger partial charge is 0.138 e. The van der Waals surface area contributed by atoms with Gasteiger partial charge in [-0.1, -0.05) is 29.8 Å². The van der Waals surface area contributed by atoms with E-state index in [2.05, 4.69) is 46.5 Å². The summed E-state index contributed by atoms with van der Waals surface area (Å²) in [6, 6.07) is 14.6. The van der Waals surface area contributed by atoms with E-state index in [0.717, 1.165) is 33.1 Å². The lowest BCUT2D eigenvalue weighted by Crippen LogP contribution is -2.09. The fourth-order valence-electron chi connectivity index (χ4n) is 3.11. The maximum absolute atomic E-state index is 6.12. The summed E-state index contributed by atoms with van der Waals surface area (Å²) >= 11 is 6.12. The molecule has 0 unspecified atom stereocenters. The van der Waals surface area contributed by atoms with E-state index in [1.165, 1.54) is 18.4 Å². The van der Waals surface area contributed by atoms with Crippen molar-refractivity contribution in [2.75, 3.05) is 5.32 Å². The number of anilines is 1. The molecular formula is C20H20ClN3. The second-order valence-electron chi connectivity index (χ2n) is 6.59. The Morgan fingerprint density at radius 2 is 1.96 bits per heavy atom. The highest BCUT2D eigenvalue weighted by Gasteiger charge is 2.24. The molecule has 4 rings (SSSR count). The number of rotatable bonds is 4. The van der Waals surface area contributed by atoms with Crippen molar-refractivity contribution in [3.8, 4) is 0 Å². The summed E-state index contributed by atoms with van der Waals surface area (Å²) in [6.07, 6.45) is 2.58. The molecule has 0 amide bonds. The lowest BCUT2D eigenvalue weighted by molar-refractivity contribution is 0.872. The lowest BCUT2D eigenvalue weighted by atomic mass is 10.1. The Morgan fingerprint density at radius 1 is 1.12 bits per heavy atom. The molecule has 1 saturated carbocycles. The van der Waals surface area contributed by atoms with Gasteiger partial charge in [0.1, 0.15) is 11.6 Å². The van der Waals surface area contributed by atoms with Gasteiger partial charge >= 0.3 is 0 Å². The first-order valence-corrected chi connectivity index (χ1v) is 8.78. The van der Waals surface area contributed by atoms with Crippen molar-refractivity contribution < 1.29 is 0 Å². The Morgan fingerprint density at radius 3 is 2.71 bits per heavy atom. The van der Waals surface area contributed by atoms with Crippen LogP contribution in [0.25, 0.3) is 10.9 Å². The molecule has 24 heavy (non-hydrogen) atoms. The zero-order chi connectivity index (χ0) is 16.7. The average Bonchev–Trinajstić information content (AvgIpc) is 3.39. The van der Waals surface area contributed by atoms with Gasteiger partial charge in [-0.25, -0.2) is 9.97 Å². The third-order valence-corrected chi connectivity index (χ3v) is 4.82. The summed E-state index contributed by atoms with van der Waals surface area (Å²) < 4.78 is 0. The van der Waals surface area contributed by atoms with Gasteiger partial charge in [-0.3, -0.25) is 0 Å². The summed E-state index contributed by atoms with van der Waals surface area (Å²) in [5, 5.41) is 5.39. The van der Waals surface area contributed by atoms with Crippen molar-refractivity contribution in [3.63, 3.8) is 0 Å². The monoisotopic (exact) mass is 337 g/mol. The third-order valence-electron chi connectivity index (χ3n) is 4.58. The minimum atomic E-state index is 0.116. The summed E-state index contributed by atoms with van der Waals surface area (Å²) in [5.41, 5.74) is 3.53. The molecule has 2 aromatic carbocycles. The van der Waals surface area contributed by atoms with Crippen molar-refractivity contribution in [1.29, 1.82) is 0 Å². The number of nitrogens with zero attached hydrogens (tertiary/aromatic N) is 2. The molecule has 1 aliphatic carbocycles. The fraction of sp³-hybridized carbons (Fsp3) is 0.300. The van der Waals surface area contributed by atoms with Crippen LogP contribution in [0.15, 0.2) is 42.5 Å². The minimum Gasteiger partial charge on any atom is -0.363 e. The van der Waals surface area contributed by atoms with Crippen LogP contribution in [0, 0.1) is 6.92 Å². The lowest BCUT2D eigenvalue weighted by Gasteiger charge is -2.17. The normalized spacial score (nSPS) is 15.5. The van der Waals surface area contributed by atoms with E-state index in [4.69, 9.17) is 11.6 Å². The van der Waals surface area contributed by atoms with Crippen LogP contribution >= 0.6 is 11.6 Å². The molecule has 1 fully saturated rings. The molecule has 4 heteroatoms. The van der Waals surface area contributed by atoms with E-state index in [0.29, 0.717) is 5.92 Å². The van der Waals surface area contributed by atoms with E-state index in [-0.39, 0.29) is 6.04 Å². The predicted octanol–water partition coefficient (Wildman–Crippen LogP) is 5.64. The van der Waals surface area contributed by atoms with Gasteiger partial charge in [0.25, 0.3) is 0 Å². The van der Waals surface area contributed by atoms with Crippen LogP contribution in [0.4, 0.5) is 5.82 Å². The average molecular weight is 338 g/mol. The van der Waals surface area contributed by atoms with Gasteiger partial charge in [-0.2, -0.15) is 0 Å². The van der Waals surface area contributed by atoms with Crippen LogP contribution in [-0.4, -0.2) is 9.97 Å². The number of hydrogen-bond donors (Lipinski definition) is 1. The molecule has 0 bridgehead atoms. The van der Waals surface area contributed by atoms with E-state index in [1.807, 2.05) is 25.1 Å². The minimum absolute atomic E-state index is 0.116. The van der Waals surface area contributed by atoms with Gasteiger partial charge in [-0.15, -0.1) is 0 Å². The van der Waals surface area contributed by atoms with Gasteiger partial charge in [0.15, 0.2) is 0 Å². The first kappa shape index (κ1) is 15.4. The Labute approximate surface area is 147 Å². The molecule has 1 N–H and O–H groups in total. The maximum atomic E-state index is 6.12. The number of aryl methyl sites for hydroxylation is 1. The van der Waals surface area contributed by atoms with Crippen LogP contribution in [0.5, 0.6) is 0 Å². The van der Waals surface area contributed by atoms with Gasteiger partial charge < -0.3 is 5.32 Å². The zero-order valence-corrected chi connectivity index (χ0v) is 14.6. The maximum Gasteiger partial charge on any atom is 0.138 e. The first-order valence-electron chi connectivity index (χ1n) is 8.40. The van der Waals surface area contributed by atoms with Crippen LogP contribution in [0.2, 0.25) is 5.02 Å². The van der Waals surface area contributed by atoms with E-state index in [9.17, 15) is 0 Å². The summed E-state index contributed by atoms with van der Waals surface area (Å²) in [4.78, 5) is 9.23. The largest absolute Gasteiger partial charge is 0.363 e. The Bertz CT molecular complexity index is 903. The van der Waals surface area contributed by atoms with Crippen molar-refractivity contribution >= 4 is 28.3 Å². The van der Waals surface area contributed by atoms with Crippen molar-refractivity contribution in [2.45, 2.75) is 38.6 Å². The highest BCUT2D eigenvalue weighted by Crippen LogP contribution is 2.41. The SMILES string of the molecule is Cc1nc(N[C@H](C)c2cccc(Cl)c2)c2cc(C3CC3)ccc2n1. The molecule has 1 atom stereocenters. The van der Waals surface area contributed by atoms with Crippen molar-refractivity contribution in [3.05, 3.63) is 64.4 Å². The molecule has 0 saturated heterocycles. The Balaban J connectivity index is 1.73. The number of hydrogen-bond acceptors (Lipinski definition) is 3. The van der Waals surface area contributed by atoms with Crippen molar-refractivity contribution in [2.24, 2.45) is 0 Å². The number of benzene rings is 2. The molecule has 1 heterocycles. The zero-order valence-electron chi connectivity index (χ0n) is 13.9. The molecule has 3 nitrogen and oxygen atoms in total. The van der Waals surface area contributed by atoms with Crippen LogP contribution < -0.4 is 5.32 Å². The molecular weight excluding hydrogens is 318 g/mol. The Kier molecular flexibility index (Phi) is 3.89. The molecule has 122 valence electrons. The molecule has 0 aliphatic heterocycles. The van der Waals surface area contributed by atoms with E-state index >= 15 is 0 Å². The third kappa shape index (κ3) is 3.09. The highest BCUT2D eigenvalue weighted by molar-refractivity contribution is 6.30. The first-order chi connectivity index (χ1) is 11.6. The molecule has 0 spiro atoms. The topological polar surface area (TPSA) is 37.8 Å². The predicted molar refractivity (Wildman–Crippen MR) is 99.7 cm³/mol. The Hall–Kier alpha value is -2.13. The highest BCUT2D eigenvalue weighted by atomic mass is 35.5. The second kappa shape index (κ2) is 6.06. The number of aromatic nitrogens is 2. The van der Waals surface area contributed by atoms with E-state index in [1.54, 1.807) is 0 Å². The number of fused-ring (bicyclic) bond motifs is 1. The molecule has 1 aromatic heterocycles. The standard InChI is InChI=1S/C20H20ClN3/c1-12(15-4-3-5-17(21)10-15)22-20-18-11-16(14-6-7-14)8-9-19(18)23-13(2)24-20/h3-5,8-12,14H,6-7H2,1-2H3,(H,22,23,24)/t12-/m1/s1. The van der Waals surface area contributed by atoms with Gasteiger partial charge in [0, 0.05) is 10.4 Å².